The van der Waals surface area contributed by atoms with E-state index in [1.165, 1.54) is 79.1 Å². The minimum atomic E-state index is 0.978. The first-order valence-electron chi connectivity index (χ1n) is 9.34. The number of rotatable bonds is 4. The summed E-state index contributed by atoms with van der Waals surface area (Å²) >= 11 is 7.63. The molecular formula is C24H20Br2. The lowest BCUT2D eigenvalue weighted by atomic mass is 9.86. The van der Waals surface area contributed by atoms with E-state index in [-0.39, 0.29) is 0 Å². The summed E-state index contributed by atoms with van der Waals surface area (Å²) in [7, 11) is 0. The summed E-state index contributed by atoms with van der Waals surface area (Å²) in [4.78, 5) is 0. The van der Waals surface area contributed by atoms with Crippen LogP contribution < -0.4 is 0 Å². The molecule has 0 unspecified atom stereocenters. The predicted molar refractivity (Wildman–Crippen MR) is 115 cm³/mol. The first-order valence-corrected chi connectivity index (χ1v) is 10.9. The summed E-state index contributed by atoms with van der Waals surface area (Å²) in [5.74, 6) is 0. The number of hydrogen-bond donors (Lipinski definition) is 0. The molecule has 0 nitrogen and oxygen atoms in total. The smallest absolute Gasteiger partial charge is 0.0214 e. The van der Waals surface area contributed by atoms with Crippen molar-refractivity contribution in [3.63, 3.8) is 0 Å². The fourth-order valence-corrected chi connectivity index (χ4v) is 5.12. The third kappa shape index (κ3) is 3.08. The fourth-order valence-electron chi connectivity index (χ4n) is 4.06. The van der Waals surface area contributed by atoms with Gasteiger partial charge in [0, 0.05) is 8.95 Å². The van der Waals surface area contributed by atoms with Crippen molar-refractivity contribution in [1.29, 1.82) is 0 Å². The quantitative estimate of drug-likeness (QED) is 0.406. The fraction of sp³-hybridized carbons (Fsp3) is 0.250. The van der Waals surface area contributed by atoms with Gasteiger partial charge in [-0.05, 0) is 95.2 Å². The van der Waals surface area contributed by atoms with Crippen molar-refractivity contribution >= 4 is 31.9 Å². The van der Waals surface area contributed by atoms with Crippen molar-refractivity contribution in [3.8, 4) is 0 Å². The largest absolute Gasteiger partial charge is 0.0585 e. The van der Waals surface area contributed by atoms with Crippen LogP contribution in [-0.2, 0) is 38.5 Å². The molecule has 0 heterocycles. The van der Waals surface area contributed by atoms with E-state index in [4.69, 9.17) is 0 Å². The van der Waals surface area contributed by atoms with Gasteiger partial charge in [0.05, 0.1) is 0 Å². The molecule has 2 heteroatoms. The highest BCUT2D eigenvalue weighted by Gasteiger charge is 2.15. The molecule has 0 bridgehead atoms. The average molecular weight is 468 g/mol. The standard InChI is InChI=1S/C24H20Br2/c25-23-14-22(12-16-2-4-18-6-8-20(18)10-16)24(26)13-21(23)11-15-1-3-17-5-7-19(17)9-15/h1-4,9-10,13-14H,5-8,11-12H2. The Hall–Kier alpha value is -1.38. The first kappa shape index (κ1) is 16.8. The summed E-state index contributed by atoms with van der Waals surface area (Å²) in [6.07, 6.45) is 6.95. The Morgan fingerprint density at radius 1 is 0.538 bits per heavy atom. The molecule has 0 fully saturated rings. The predicted octanol–water partition coefficient (Wildman–Crippen LogP) is 6.59. The van der Waals surface area contributed by atoms with Gasteiger partial charge in [-0.3, -0.25) is 0 Å². The third-order valence-corrected chi connectivity index (χ3v) is 7.35. The van der Waals surface area contributed by atoms with E-state index in [2.05, 4.69) is 80.4 Å². The zero-order valence-electron chi connectivity index (χ0n) is 14.6. The van der Waals surface area contributed by atoms with Crippen LogP contribution >= 0.6 is 31.9 Å². The summed E-state index contributed by atoms with van der Waals surface area (Å²) in [5.41, 5.74) is 11.6. The first-order chi connectivity index (χ1) is 12.7. The normalized spacial score (nSPS) is 14.2. The molecule has 130 valence electrons. The van der Waals surface area contributed by atoms with E-state index < -0.39 is 0 Å². The molecule has 3 aromatic carbocycles. The van der Waals surface area contributed by atoms with Crippen molar-refractivity contribution in [2.45, 2.75) is 38.5 Å². The molecule has 0 atom stereocenters. The van der Waals surface area contributed by atoms with Crippen LogP contribution in [0, 0.1) is 0 Å². The van der Waals surface area contributed by atoms with Crippen molar-refractivity contribution in [1.82, 2.24) is 0 Å². The Kier molecular flexibility index (Phi) is 4.29. The monoisotopic (exact) mass is 466 g/mol. The molecule has 0 radical (unpaired) electrons. The maximum Gasteiger partial charge on any atom is 0.0214 e. The minimum Gasteiger partial charge on any atom is -0.0585 e. The molecule has 0 aromatic heterocycles. The number of hydrogen-bond acceptors (Lipinski definition) is 0. The Balaban J connectivity index is 1.39. The van der Waals surface area contributed by atoms with Crippen molar-refractivity contribution in [3.05, 3.63) is 102 Å². The van der Waals surface area contributed by atoms with Crippen LogP contribution in [0.25, 0.3) is 0 Å². The maximum absolute atomic E-state index is 3.82. The van der Waals surface area contributed by atoms with E-state index in [1.54, 1.807) is 0 Å². The summed E-state index contributed by atoms with van der Waals surface area (Å²) in [6, 6.07) is 18.5. The van der Waals surface area contributed by atoms with Crippen molar-refractivity contribution in [2.75, 3.05) is 0 Å². The van der Waals surface area contributed by atoms with Crippen LogP contribution in [0.1, 0.15) is 44.5 Å². The van der Waals surface area contributed by atoms with Crippen molar-refractivity contribution < 1.29 is 0 Å². The Bertz CT molecular complexity index is 934. The molecule has 0 N–H and O–H groups in total. The van der Waals surface area contributed by atoms with Gasteiger partial charge in [0.2, 0.25) is 0 Å². The second-order valence-corrected chi connectivity index (χ2v) is 9.30. The SMILES string of the molecule is Brc1cc(Cc2ccc3c(c2)CC3)c(Br)cc1Cc1ccc2c(c1)CC2. The number of halogens is 2. The molecular weight excluding hydrogens is 448 g/mol. The van der Waals surface area contributed by atoms with Gasteiger partial charge in [-0.15, -0.1) is 0 Å². The maximum atomic E-state index is 3.82. The topological polar surface area (TPSA) is 0 Å². The lowest BCUT2D eigenvalue weighted by Gasteiger charge is -2.20. The molecule has 2 aliphatic carbocycles. The second kappa shape index (κ2) is 6.65. The second-order valence-electron chi connectivity index (χ2n) is 7.59. The zero-order valence-corrected chi connectivity index (χ0v) is 17.8. The zero-order chi connectivity index (χ0) is 17.7. The van der Waals surface area contributed by atoms with Crippen LogP contribution in [0.5, 0.6) is 0 Å². The number of aryl methyl sites for hydroxylation is 4. The molecule has 5 rings (SSSR count). The van der Waals surface area contributed by atoms with E-state index in [1.807, 2.05) is 0 Å². The van der Waals surface area contributed by atoms with Crippen LogP contribution in [0.3, 0.4) is 0 Å². The minimum absolute atomic E-state index is 0.978. The van der Waals surface area contributed by atoms with E-state index in [0.29, 0.717) is 0 Å². The lowest BCUT2D eigenvalue weighted by molar-refractivity contribution is 0.834. The van der Waals surface area contributed by atoms with Gasteiger partial charge in [-0.1, -0.05) is 68.3 Å². The summed E-state index contributed by atoms with van der Waals surface area (Å²) in [5, 5.41) is 0. The van der Waals surface area contributed by atoms with E-state index in [9.17, 15) is 0 Å². The molecule has 0 spiro atoms. The van der Waals surface area contributed by atoms with Gasteiger partial charge in [0.1, 0.15) is 0 Å². The van der Waals surface area contributed by atoms with Gasteiger partial charge in [-0.2, -0.15) is 0 Å². The molecule has 0 aliphatic heterocycles. The average Bonchev–Trinajstić information content (AvgIpc) is 2.57. The molecule has 26 heavy (non-hydrogen) atoms. The van der Waals surface area contributed by atoms with Gasteiger partial charge in [0.15, 0.2) is 0 Å². The van der Waals surface area contributed by atoms with Crippen molar-refractivity contribution in [2.24, 2.45) is 0 Å². The highest BCUT2D eigenvalue weighted by molar-refractivity contribution is 9.11. The van der Waals surface area contributed by atoms with Gasteiger partial charge in [0.25, 0.3) is 0 Å². The highest BCUT2D eigenvalue weighted by Crippen LogP contribution is 2.32. The summed E-state index contributed by atoms with van der Waals surface area (Å²) in [6.45, 7) is 0. The molecule has 2 aliphatic rings. The number of fused-ring (bicyclic) bond motifs is 2. The van der Waals surface area contributed by atoms with E-state index >= 15 is 0 Å². The van der Waals surface area contributed by atoms with Crippen LogP contribution in [-0.4, -0.2) is 0 Å². The lowest BCUT2D eigenvalue weighted by Crippen LogP contribution is -2.09. The molecule has 0 amide bonds. The van der Waals surface area contributed by atoms with Crippen LogP contribution in [0.4, 0.5) is 0 Å². The molecule has 3 aromatic rings. The van der Waals surface area contributed by atoms with Gasteiger partial charge in [-0.25, -0.2) is 0 Å². The molecule has 0 saturated carbocycles. The van der Waals surface area contributed by atoms with Gasteiger partial charge < -0.3 is 0 Å². The Morgan fingerprint density at radius 3 is 1.31 bits per heavy atom. The molecule has 0 saturated heterocycles. The Labute approximate surface area is 171 Å². The highest BCUT2D eigenvalue weighted by atomic mass is 79.9. The Morgan fingerprint density at radius 2 is 0.962 bits per heavy atom. The van der Waals surface area contributed by atoms with Crippen LogP contribution in [0.2, 0.25) is 0 Å². The number of benzene rings is 3. The van der Waals surface area contributed by atoms with Gasteiger partial charge >= 0.3 is 0 Å². The third-order valence-electron chi connectivity index (χ3n) is 5.87. The summed E-state index contributed by atoms with van der Waals surface area (Å²) < 4.78 is 2.42. The van der Waals surface area contributed by atoms with E-state index in [0.717, 1.165) is 12.8 Å². The van der Waals surface area contributed by atoms with Crippen LogP contribution in [0.15, 0.2) is 57.5 Å².